The number of piperidine rings is 1. The molecule has 1 aromatic rings. The molecule has 0 bridgehead atoms. The third-order valence-electron chi connectivity index (χ3n) is 5.24. The zero-order valence-electron chi connectivity index (χ0n) is 12.7. The van der Waals surface area contributed by atoms with Gasteiger partial charge in [0.1, 0.15) is 5.82 Å². The Morgan fingerprint density at radius 2 is 1.82 bits per heavy atom. The second-order valence-corrected chi connectivity index (χ2v) is 6.65. The van der Waals surface area contributed by atoms with Gasteiger partial charge in [0.25, 0.3) is 5.92 Å². The molecule has 122 valence electrons. The lowest BCUT2D eigenvalue weighted by Crippen LogP contribution is -2.43. The molecule has 1 saturated carbocycles. The number of halogens is 3. The van der Waals surface area contributed by atoms with Gasteiger partial charge in [0.15, 0.2) is 0 Å². The monoisotopic (exact) mass is 312 g/mol. The van der Waals surface area contributed by atoms with Crippen LogP contribution in [0.5, 0.6) is 0 Å². The number of nitrogens with two attached hydrogens (primary N) is 1. The summed E-state index contributed by atoms with van der Waals surface area (Å²) in [5.74, 6) is -3.28. The Balaban J connectivity index is 1.65. The average Bonchev–Trinajstić information content (AvgIpc) is 2.47. The Hall–Kier alpha value is -1.39. The first-order valence-corrected chi connectivity index (χ1v) is 8.15. The van der Waals surface area contributed by atoms with Crippen molar-refractivity contribution in [3.8, 4) is 0 Å². The minimum atomic E-state index is -2.52. The summed E-state index contributed by atoms with van der Waals surface area (Å²) in [4.78, 5) is 1.95. The molecule has 3 rings (SSSR count). The van der Waals surface area contributed by atoms with E-state index in [1.165, 1.54) is 6.07 Å². The molecule has 22 heavy (non-hydrogen) atoms. The molecule has 1 saturated heterocycles. The number of nitrogens with zero attached hydrogens (tertiary/aromatic N) is 1. The predicted molar refractivity (Wildman–Crippen MR) is 82.7 cm³/mol. The third-order valence-corrected chi connectivity index (χ3v) is 5.24. The highest BCUT2D eigenvalue weighted by molar-refractivity contribution is 5.54. The van der Waals surface area contributed by atoms with Crippen LogP contribution in [0, 0.1) is 17.7 Å². The van der Waals surface area contributed by atoms with E-state index in [0.29, 0.717) is 50.1 Å². The molecule has 2 fully saturated rings. The van der Waals surface area contributed by atoms with Gasteiger partial charge in [0.2, 0.25) is 0 Å². The van der Waals surface area contributed by atoms with Gasteiger partial charge >= 0.3 is 0 Å². The summed E-state index contributed by atoms with van der Waals surface area (Å²) in [6.07, 6.45) is 3.64. The van der Waals surface area contributed by atoms with Crippen molar-refractivity contribution in [2.24, 2.45) is 11.8 Å². The summed E-state index contributed by atoms with van der Waals surface area (Å²) in [7, 11) is 0. The molecule has 2 nitrogen and oxygen atoms in total. The van der Waals surface area contributed by atoms with Crippen LogP contribution in [0.3, 0.4) is 0 Å². The van der Waals surface area contributed by atoms with Gasteiger partial charge in [-0.2, -0.15) is 0 Å². The summed E-state index contributed by atoms with van der Waals surface area (Å²) in [5.41, 5.74) is 6.50. The SMILES string of the molecule is Nc1ccc(N2CCC(C3CCCCC3(F)F)CC2)c(F)c1. The molecule has 0 aromatic heterocycles. The highest BCUT2D eigenvalue weighted by atomic mass is 19.3. The van der Waals surface area contributed by atoms with Crippen LogP contribution >= 0.6 is 0 Å². The highest BCUT2D eigenvalue weighted by Gasteiger charge is 2.45. The largest absolute Gasteiger partial charge is 0.399 e. The zero-order valence-corrected chi connectivity index (χ0v) is 12.7. The van der Waals surface area contributed by atoms with Crippen LogP contribution in [0.1, 0.15) is 38.5 Å². The normalized spacial score (nSPS) is 26.1. The average molecular weight is 312 g/mol. The van der Waals surface area contributed by atoms with Crippen molar-refractivity contribution in [1.29, 1.82) is 0 Å². The van der Waals surface area contributed by atoms with Crippen LogP contribution in [-0.4, -0.2) is 19.0 Å². The number of alkyl halides is 2. The van der Waals surface area contributed by atoms with Crippen LogP contribution in [-0.2, 0) is 0 Å². The molecule has 1 aliphatic heterocycles. The van der Waals surface area contributed by atoms with E-state index in [1.54, 1.807) is 12.1 Å². The van der Waals surface area contributed by atoms with E-state index in [2.05, 4.69) is 0 Å². The van der Waals surface area contributed by atoms with Crippen molar-refractivity contribution in [1.82, 2.24) is 0 Å². The lowest BCUT2D eigenvalue weighted by molar-refractivity contribution is -0.110. The Kier molecular flexibility index (Phi) is 4.24. The van der Waals surface area contributed by atoms with E-state index < -0.39 is 11.8 Å². The van der Waals surface area contributed by atoms with Gasteiger partial charge in [-0.3, -0.25) is 0 Å². The van der Waals surface area contributed by atoms with Crippen LogP contribution in [0.4, 0.5) is 24.5 Å². The third kappa shape index (κ3) is 3.03. The fraction of sp³-hybridized carbons (Fsp3) is 0.647. The second kappa shape index (κ2) is 6.01. The molecule has 2 aliphatic rings. The van der Waals surface area contributed by atoms with Crippen molar-refractivity contribution in [3.05, 3.63) is 24.0 Å². The van der Waals surface area contributed by atoms with Gasteiger partial charge in [0, 0.05) is 31.1 Å². The number of rotatable bonds is 2. The van der Waals surface area contributed by atoms with Gasteiger partial charge in [-0.1, -0.05) is 6.42 Å². The second-order valence-electron chi connectivity index (χ2n) is 6.65. The van der Waals surface area contributed by atoms with E-state index in [-0.39, 0.29) is 18.2 Å². The first-order chi connectivity index (χ1) is 10.5. The minimum Gasteiger partial charge on any atom is -0.399 e. The zero-order chi connectivity index (χ0) is 15.7. The van der Waals surface area contributed by atoms with Crippen molar-refractivity contribution in [2.75, 3.05) is 23.7 Å². The number of hydrogen-bond donors (Lipinski definition) is 1. The van der Waals surface area contributed by atoms with Gasteiger partial charge in [0.05, 0.1) is 5.69 Å². The summed E-state index contributed by atoms with van der Waals surface area (Å²) in [6.45, 7) is 1.27. The van der Waals surface area contributed by atoms with Crippen molar-refractivity contribution < 1.29 is 13.2 Å². The van der Waals surface area contributed by atoms with E-state index >= 15 is 0 Å². The summed E-state index contributed by atoms with van der Waals surface area (Å²) >= 11 is 0. The molecule has 1 aliphatic carbocycles. The van der Waals surface area contributed by atoms with Gasteiger partial charge in [-0.05, 0) is 49.8 Å². The van der Waals surface area contributed by atoms with Gasteiger partial charge in [-0.25, -0.2) is 13.2 Å². The minimum absolute atomic E-state index is 0.0322. The van der Waals surface area contributed by atoms with E-state index in [4.69, 9.17) is 5.73 Å². The summed E-state index contributed by atoms with van der Waals surface area (Å²) < 4.78 is 42.2. The first kappa shape index (κ1) is 15.5. The fourth-order valence-corrected chi connectivity index (χ4v) is 4.02. The molecule has 1 unspecified atom stereocenters. The maximum atomic E-state index is 14.1. The first-order valence-electron chi connectivity index (χ1n) is 8.15. The molecule has 1 aromatic carbocycles. The lowest BCUT2D eigenvalue weighted by atomic mass is 9.73. The van der Waals surface area contributed by atoms with Crippen molar-refractivity contribution >= 4 is 11.4 Å². The summed E-state index contributed by atoms with van der Waals surface area (Å²) in [5, 5.41) is 0. The molecule has 0 spiro atoms. The molecule has 5 heteroatoms. The molecular weight excluding hydrogens is 289 g/mol. The van der Waals surface area contributed by atoms with Gasteiger partial charge in [-0.15, -0.1) is 0 Å². The number of anilines is 2. The molecule has 1 heterocycles. The molecule has 1 atom stereocenters. The molecule has 0 amide bonds. The van der Waals surface area contributed by atoms with E-state index in [1.807, 2.05) is 4.90 Å². The molecule has 2 N–H and O–H groups in total. The maximum absolute atomic E-state index is 14.1. The number of benzene rings is 1. The quantitative estimate of drug-likeness (QED) is 0.818. The Labute approximate surface area is 129 Å². The van der Waals surface area contributed by atoms with Gasteiger partial charge < -0.3 is 10.6 Å². The highest BCUT2D eigenvalue weighted by Crippen LogP contribution is 2.45. The topological polar surface area (TPSA) is 29.3 Å². The van der Waals surface area contributed by atoms with Crippen LogP contribution in [0.15, 0.2) is 18.2 Å². The Bertz CT molecular complexity index is 525. The molecular formula is C17H23F3N2. The van der Waals surface area contributed by atoms with Crippen LogP contribution in [0.25, 0.3) is 0 Å². The standard InChI is InChI=1S/C17H23F3N2/c18-15-11-13(21)4-5-16(15)22-9-6-12(7-10-22)14-3-1-2-8-17(14,19)20/h4-5,11-12,14H,1-3,6-10,21H2. The number of nitrogen functional groups attached to an aromatic ring is 1. The fourth-order valence-electron chi connectivity index (χ4n) is 4.02. The number of hydrogen-bond acceptors (Lipinski definition) is 2. The van der Waals surface area contributed by atoms with Crippen molar-refractivity contribution in [3.63, 3.8) is 0 Å². The molecule has 0 radical (unpaired) electrons. The lowest BCUT2D eigenvalue weighted by Gasteiger charge is -2.41. The van der Waals surface area contributed by atoms with E-state index in [0.717, 1.165) is 6.42 Å². The predicted octanol–water partition coefficient (Wildman–Crippen LogP) is 4.45. The smallest absolute Gasteiger partial charge is 0.251 e. The Morgan fingerprint density at radius 1 is 1.09 bits per heavy atom. The van der Waals surface area contributed by atoms with Crippen LogP contribution in [0.2, 0.25) is 0 Å². The van der Waals surface area contributed by atoms with Crippen molar-refractivity contribution in [2.45, 2.75) is 44.4 Å². The van der Waals surface area contributed by atoms with Crippen LogP contribution < -0.4 is 10.6 Å². The maximum Gasteiger partial charge on any atom is 0.251 e. The Morgan fingerprint density at radius 3 is 2.45 bits per heavy atom. The van der Waals surface area contributed by atoms with E-state index in [9.17, 15) is 13.2 Å². The summed E-state index contributed by atoms with van der Waals surface area (Å²) in [6, 6.07) is 4.68.